The van der Waals surface area contributed by atoms with Crippen LogP contribution in [-0.4, -0.2) is 33.0 Å². The standard InChI is InChI=1S/C19H34O4/c1-2-3-4-5-6-7-10-17(20)12-11-16-9-8-13-19(23,14-16)15-18(21)22/h11-12,16-17,20,23H,2-10,13-15H2,1H3,(H,21,22)/b12-11+/t16-,17+,19-/m0/s1. The van der Waals surface area contributed by atoms with Crippen molar-refractivity contribution in [1.82, 2.24) is 0 Å². The number of unbranched alkanes of at least 4 members (excludes halogenated alkanes) is 5. The number of carboxylic acids is 1. The minimum Gasteiger partial charge on any atom is -0.481 e. The van der Waals surface area contributed by atoms with E-state index in [0.29, 0.717) is 12.8 Å². The molecule has 1 saturated carbocycles. The summed E-state index contributed by atoms with van der Waals surface area (Å²) < 4.78 is 0. The van der Waals surface area contributed by atoms with Crippen molar-refractivity contribution in [2.24, 2.45) is 5.92 Å². The van der Waals surface area contributed by atoms with E-state index in [1.54, 1.807) is 0 Å². The monoisotopic (exact) mass is 326 g/mol. The van der Waals surface area contributed by atoms with E-state index in [9.17, 15) is 15.0 Å². The van der Waals surface area contributed by atoms with Crippen LogP contribution in [0, 0.1) is 5.92 Å². The number of hydrogen-bond donors (Lipinski definition) is 3. The molecule has 0 heterocycles. The third-order valence-corrected chi connectivity index (χ3v) is 4.80. The van der Waals surface area contributed by atoms with Gasteiger partial charge in [0.1, 0.15) is 0 Å². The molecular weight excluding hydrogens is 292 g/mol. The molecule has 0 aromatic carbocycles. The Balaban J connectivity index is 2.25. The van der Waals surface area contributed by atoms with Crippen LogP contribution in [0.3, 0.4) is 0 Å². The molecule has 0 aliphatic heterocycles. The van der Waals surface area contributed by atoms with E-state index < -0.39 is 17.7 Å². The number of hydrogen-bond acceptors (Lipinski definition) is 3. The first-order valence-electron chi connectivity index (χ1n) is 9.26. The van der Waals surface area contributed by atoms with E-state index in [4.69, 9.17) is 5.11 Å². The lowest BCUT2D eigenvalue weighted by Gasteiger charge is -2.34. The van der Waals surface area contributed by atoms with E-state index in [1.165, 1.54) is 32.1 Å². The van der Waals surface area contributed by atoms with Gasteiger partial charge in [0, 0.05) is 0 Å². The van der Waals surface area contributed by atoms with E-state index in [0.717, 1.165) is 25.7 Å². The molecular formula is C19H34O4. The van der Waals surface area contributed by atoms with Crippen molar-refractivity contribution >= 4 is 5.97 Å². The van der Waals surface area contributed by atoms with Crippen LogP contribution < -0.4 is 0 Å². The summed E-state index contributed by atoms with van der Waals surface area (Å²) in [4.78, 5) is 10.8. The van der Waals surface area contributed by atoms with Gasteiger partial charge in [-0.3, -0.25) is 4.79 Å². The zero-order valence-electron chi connectivity index (χ0n) is 14.5. The Labute approximate surface area is 140 Å². The van der Waals surface area contributed by atoms with E-state index >= 15 is 0 Å². The number of allylic oxidation sites excluding steroid dienone is 1. The summed E-state index contributed by atoms with van der Waals surface area (Å²) in [5.41, 5.74) is -1.08. The van der Waals surface area contributed by atoms with Gasteiger partial charge in [-0.1, -0.05) is 57.6 Å². The van der Waals surface area contributed by atoms with Crippen molar-refractivity contribution in [3.05, 3.63) is 12.2 Å². The first kappa shape index (κ1) is 20.2. The Hall–Kier alpha value is -0.870. The van der Waals surface area contributed by atoms with E-state index in [2.05, 4.69) is 6.92 Å². The lowest BCUT2D eigenvalue weighted by Crippen LogP contribution is -2.37. The Kier molecular flexibility index (Phi) is 9.49. The zero-order valence-corrected chi connectivity index (χ0v) is 14.5. The fourth-order valence-electron chi connectivity index (χ4n) is 3.51. The quantitative estimate of drug-likeness (QED) is 0.395. The van der Waals surface area contributed by atoms with Gasteiger partial charge < -0.3 is 15.3 Å². The third kappa shape index (κ3) is 9.11. The van der Waals surface area contributed by atoms with Crippen LogP contribution in [0.15, 0.2) is 12.2 Å². The highest BCUT2D eigenvalue weighted by Gasteiger charge is 2.35. The molecule has 0 radical (unpaired) electrons. The summed E-state index contributed by atoms with van der Waals surface area (Å²) in [6.07, 6.45) is 14.1. The van der Waals surface area contributed by atoms with Crippen LogP contribution in [0.5, 0.6) is 0 Å². The van der Waals surface area contributed by atoms with Gasteiger partial charge in [0.2, 0.25) is 0 Å². The van der Waals surface area contributed by atoms with Gasteiger partial charge in [0.05, 0.1) is 18.1 Å². The predicted molar refractivity (Wildman–Crippen MR) is 92.3 cm³/mol. The van der Waals surface area contributed by atoms with Gasteiger partial charge in [-0.15, -0.1) is 0 Å². The average Bonchev–Trinajstić information content (AvgIpc) is 2.47. The van der Waals surface area contributed by atoms with Crippen LogP contribution in [0.25, 0.3) is 0 Å². The molecule has 0 unspecified atom stereocenters. The van der Waals surface area contributed by atoms with Crippen LogP contribution in [0.1, 0.15) is 84.0 Å². The summed E-state index contributed by atoms with van der Waals surface area (Å²) in [5.74, 6) is -0.771. The number of rotatable bonds is 11. The number of aliphatic hydroxyl groups excluding tert-OH is 1. The topological polar surface area (TPSA) is 77.8 Å². The molecule has 0 saturated heterocycles. The molecule has 1 aliphatic rings. The van der Waals surface area contributed by atoms with Crippen molar-refractivity contribution in [3.8, 4) is 0 Å². The maximum atomic E-state index is 10.8. The predicted octanol–water partition coefficient (Wildman–Crippen LogP) is 4.05. The van der Waals surface area contributed by atoms with Crippen molar-refractivity contribution in [1.29, 1.82) is 0 Å². The van der Waals surface area contributed by atoms with Crippen LogP contribution in [0.2, 0.25) is 0 Å². The molecule has 1 rings (SSSR count). The second-order valence-corrected chi connectivity index (χ2v) is 7.16. The van der Waals surface area contributed by atoms with Gasteiger partial charge >= 0.3 is 5.97 Å². The summed E-state index contributed by atoms with van der Waals surface area (Å²) in [6, 6.07) is 0. The third-order valence-electron chi connectivity index (χ3n) is 4.80. The average molecular weight is 326 g/mol. The molecule has 4 heteroatoms. The van der Waals surface area contributed by atoms with Gasteiger partial charge in [-0.2, -0.15) is 0 Å². The molecule has 0 bridgehead atoms. The number of aliphatic carboxylic acids is 1. The molecule has 0 amide bonds. The molecule has 3 atom stereocenters. The molecule has 4 nitrogen and oxygen atoms in total. The fourth-order valence-corrected chi connectivity index (χ4v) is 3.51. The second-order valence-electron chi connectivity index (χ2n) is 7.16. The van der Waals surface area contributed by atoms with Crippen molar-refractivity contribution < 1.29 is 20.1 Å². The number of aliphatic hydroxyl groups is 2. The maximum Gasteiger partial charge on any atom is 0.306 e. The van der Waals surface area contributed by atoms with Crippen molar-refractivity contribution in [2.45, 2.75) is 95.7 Å². The minimum absolute atomic E-state index is 0.173. The van der Waals surface area contributed by atoms with Gasteiger partial charge in [-0.05, 0) is 38.0 Å². The molecule has 0 spiro atoms. The smallest absolute Gasteiger partial charge is 0.306 e. The Morgan fingerprint density at radius 2 is 1.96 bits per heavy atom. The number of carboxylic acid groups (broad SMARTS) is 1. The summed E-state index contributed by atoms with van der Waals surface area (Å²) in [6.45, 7) is 2.21. The highest BCUT2D eigenvalue weighted by Crippen LogP contribution is 2.35. The molecule has 1 aliphatic carbocycles. The summed E-state index contributed by atoms with van der Waals surface area (Å²) in [7, 11) is 0. The largest absolute Gasteiger partial charge is 0.481 e. The van der Waals surface area contributed by atoms with E-state index in [-0.39, 0.29) is 12.3 Å². The molecule has 1 fully saturated rings. The fraction of sp³-hybridized carbons (Fsp3) is 0.842. The maximum absolute atomic E-state index is 10.8. The highest BCUT2D eigenvalue weighted by molar-refractivity contribution is 5.68. The summed E-state index contributed by atoms with van der Waals surface area (Å²) in [5, 5.41) is 29.3. The lowest BCUT2D eigenvalue weighted by molar-refractivity contribution is -0.144. The SMILES string of the molecule is CCCCCCCC[C@@H](O)/C=C/[C@@H]1CCC[C@@](O)(CC(=O)O)C1. The first-order chi connectivity index (χ1) is 10.9. The van der Waals surface area contributed by atoms with Gasteiger partial charge in [0.15, 0.2) is 0 Å². The molecule has 0 aromatic rings. The van der Waals surface area contributed by atoms with Crippen molar-refractivity contribution in [3.63, 3.8) is 0 Å². The zero-order chi connectivity index (χ0) is 17.1. The molecule has 23 heavy (non-hydrogen) atoms. The lowest BCUT2D eigenvalue weighted by atomic mass is 9.76. The van der Waals surface area contributed by atoms with E-state index in [1.807, 2.05) is 12.2 Å². The highest BCUT2D eigenvalue weighted by atomic mass is 16.4. The Morgan fingerprint density at radius 3 is 2.65 bits per heavy atom. The van der Waals surface area contributed by atoms with Crippen LogP contribution in [-0.2, 0) is 4.79 Å². The minimum atomic E-state index is -1.08. The normalized spacial score (nSPS) is 26.5. The van der Waals surface area contributed by atoms with Gasteiger partial charge in [0.25, 0.3) is 0 Å². The van der Waals surface area contributed by atoms with Gasteiger partial charge in [-0.25, -0.2) is 0 Å². The summed E-state index contributed by atoms with van der Waals surface area (Å²) >= 11 is 0. The molecule has 3 N–H and O–H groups in total. The van der Waals surface area contributed by atoms with Crippen LogP contribution >= 0.6 is 0 Å². The second kappa shape index (κ2) is 10.8. The Morgan fingerprint density at radius 1 is 1.26 bits per heavy atom. The van der Waals surface area contributed by atoms with Crippen molar-refractivity contribution in [2.75, 3.05) is 0 Å². The Bertz CT molecular complexity index is 366. The number of carbonyl (C=O) groups is 1. The molecule has 0 aromatic heterocycles. The van der Waals surface area contributed by atoms with Crippen LogP contribution in [0.4, 0.5) is 0 Å². The molecule has 134 valence electrons. The first-order valence-corrected chi connectivity index (χ1v) is 9.26.